The summed E-state index contributed by atoms with van der Waals surface area (Å²) in [5.74, 6) is 0.585. The molecule has 0 aliphatic carbocycles. The van der Waals surface area contributed by atoms with E-state index in [1.807, 2.05) is 0 Å². The van der Waals surface area contributed by atoms with Gasteiger partial charge in [-0.25, -0.2) is 0 Å². The number of hydrogen-bond acceptors (Lipinski definition) is 3. The Kier molecular flexibility index (Phi) is 2.45. The molecule has 0 aromatic rings. The highest BCUT2D eigenvalue weighted by atomic mass is 16.3. The standard InChI is InChI=1S/C6H14N2O/c7-2-5-1-6(4-9)8-3-5/h5-6,8-9H,1-4,7H2/t5-,6+/m1/s1. The molecule has 0 aromatic carbocycles. The van der Waals surface area contributed by atoms with Gasteiger partial charge in [-0.15, -0.1) is 0 Å². The first-order valence-corrected chi connectivity index (χ1v) is 3.41. The van der Waals surface area contributed by atoms with Crippen molar-refractivity contribution in [2.24, 2.45) is 11.7 Å². The zero-order valence-corrected chi connectivity index (χ0v) is 5.51. The summed E-state index contributed by atoms with van der Waals surface area (Å²) < 4.78 is 0. The van der Waals surface area contributed by atoms with Crippen molar-refractivity contribution in [1.29, 1.82) is 0 Å². The third-order valence-corrected chi connectivity index (χ3v) is 1.87. The summed E-state index contributed by atoms with van der Waals surface area (Å²) in [6.07, 6.45) is 1.03. The van der Waals surface area contributed by atoms with Crippen LogP contribution in [-0.2, 0) is 0 Å². The lowest BCUT2D eigenvalue weighted by Gasteiger charge is -2.03. The van der Waals surface area contributed by atoms with E-state index < -0.39 is 0 Å². The Morgan fingerprint density at radius 1 is 1.67 bits per heavy atom. The van der Waals surface area contributed by atoms with Crippen molar-refractivity contribution in [1.82, 2.24) is 5.32 Å². The molecule has 3 nitrogen and oxygen atoms in total. The monoisotopic (exact) mass is 130 g/mol. The van der Waals surface area contributed by atoms with Crippen molar-refractivity contribution in [3.05, 3.63) is 0 Å². The third kappa shape index (κ3) is 1.64. The van der Waals surface area contributed by atoms with Crippen LogP contribution in [0.3, 0.4) is 0 Å². The summed E-state index contributed by atoms with van der Waals surface area (Å²) in [4.78, 5) is 0. The lowest BCUT2D eigenvalue weighted by Crippen LogP contribution is -2.24. The van der Waals surface area contributed by atoms with Gasteiger partial charge in [-0.1, -0.05) is 0 Å². The maximum absolute atomic E-state index is 8.68. The zero-order chi connectivity index (χ0) is 6.69. The van der Waals surface area contributed by atoms with Gasteiger partial charge in [0.05, 0.1) is 6.61 Å². The molecule has 0 unspecified atom stereocenters. The van der Waals surface area contributed by atoms with E-state index in [-0.39, 0.29) is 6.61 Å². The second kappa shape index (κ2) is 3.15. The highest BCUT2D eigenvalue weighted by molar-refractivity contribution is 4.80. The Balaban J connectivity index is 2.20. The molecule has 1 saturated heterocycles. The number of aliphatic hydroxyl groups excluding tert-OH is 1. The fourth-order valence-electron chi connectivity index (χ4n) is 1.22. The van der Waals surface area contributed by atoms with Crippen molar-refractivity contribution < 1.29 is 5.11 Å². The Labute approximate surface area is 55.2 Å². The number of rotatable bonds is 2. The third-order valence-electron chi connectivity index (χ3n) is 1.87. The minimum Gasteiger partial charge on any atom is -0.395 e. The van der Waals surface area contributed by atoms with Crippen LogP contribution < -0.4 is 11.1 Å². The van der Waals surface area contributed by atoms with Crippen LogP contribution in [0.1, 0.15) is 6.42 Å². The molecule has 1 aliphatic heterocycles. The van der Waals surface area contributed by atoms with Crippen LogP contribution in [0.25, 0.3) is 0 Å². The van der Waals surface area contributed by atoms with E-state index in [9.17, 15) is 0 Å². The fraction of sp³-hybridized carbons (Fsp3) is 1.00. The molecule has 1 heterocycles. The predicted octanol–water partition coefficient (Wildman–Crippen LogP) is -1.08. The number of hydrogen-bond donors (Lipinski definition) is 3. The molecule has 1 fully saturated rings. The van der Waals surface area contributed by atoms with E-state index in [4.69, 9.17) is 10.8 Å². The average molecular weight is 130 g/mol. The first kappa shape index (κ1) is 6.99. The highest BCUT2D eigenvalue weighted by Gasteiger charge is 2.21. The van der Waals surface area contributed by atoms with Crippen LogP contribution in [0, 0.1) is 5.92 Å². The first-order valence-electron chi connectivity index (χ1n) is 3.41. The summed E-state index contributed by atoms with van der Waals surface area (Å²) in [6, 6.07) is 0.304. The molecule has 1 aliphatic rings. The molecule has 0 saturated carbocycles. The number of nitrogens with two attached hydrogens (primary N) is 1. The smallest absolute Gasteiger partial charge is 0.0584 e. The lowest BCUT2D eigenvalue weighted by atomic mass is 10.1. The Bertz CT molecular complexity index is 77.1. The molecule has 0 spiro atoms. The largest absolute Gasteiger partial charge is 0.395 e. The minimum absolute atomic E-state index is 0.247. The van der Waals surface area contributed by atoms with Crippen LogP contribution in [-0.4, -0.2) is 30.8 Å². The van der Waals surface area contributed by atoms with Crippen molar-refractivity contribution in [2.45, 2.75) is 12.5 Å². The molecule has 3 heteroatoms. The second-order valence-corrected chi connectivity index (χ2v) is 2.63. The topological polar surface area (TPSA) is 58.3 Å². The van der Waals surface area contributed by atoms with Gasteiger partial charge in [0.2, 0.25) is 0 Å². The van der Waals surface area contributed by atoms with Gasteiger partial charge in [-0.05, 0) is 25.4 Å². The van der Waals surface area contributed by atoms with E-state index >= 15 is 0 Å². The molecular weight excluding hydrogens is 116 g/mol. The molecule has 4 N–H and O–H groups in total. The van der Waals surface area contributed by atoms with Gasteiger partial charge in [0, 0.05) is 6.04 Å². The van der Waals surface area contributed by atoms with Gasteiger partial charge >= 0.3 is 0 Å². The van der Waals surface area contributed by atoms with Crippen molar-refractivity contribution in [3.8, 4) is 0 Å². The van der Waals surface area contributed by atoms with Gasteiger partial charge in [0.25, 0.3) is 0 Å². The average Bonchev–Trinajstić information content (AvgIpc) is 2.34. The van der Waals surface area contributed by atoms with E-state index in [1.54, 1.807) is 0 Å². The number of aliphatic hydroxyl groups is 1. The number of nitrogens with one attached hydrogen (secondary N) is 1. The molecular formula is C6H14N2O. The Hall–Kier alpha value is -0.120. The van der Waals surface area contributed by atoms with Gasteiger partial charge < -0.3 is 16.2 Å². The van der Waals surface area contributed by atoms with Gasteiger partial charge in [0.15, 0.2) is 0 Å². The molecule has 54 valence electrons. The molecule has 0 amide bonds. The SMILES string of the molecule is NC[C@@H]1CN[C@H](CO)C1. The van der Waals surface area contributed by atoms with Gasteiger partial charge in [0.1, 0.15) is 0 Å². The fourth-order valence-corrected chi connectivity index (χ4v) is 1.22. The van der Waals surface area contributed by atoms with Gasteiger partial charge in [-0.2, -0.15) is 0 Å². The quantitative estimate of drug-likeness (QED) is 0.445. The maximum atomic E-state index is 8.68. The van der Waals surface area contributed by atoms with Crippen LogP contribution in [0.4, 0.5) is 0 Å². The van der Waals surface area contributed by atoms with E-state index in [0.29, 0.717) is 12.0 Å². The molecule has 2 atom stereocenters. The van der Waals surface area contributed by atoms with Crippen LogP contribution in [0.5, 0.6) is 0 Å². The summed E-state index contributed by atoms with van der Waals surface area (Å²) in [7, 11) is 0. The lowest BCUT2D eigenvalue weighted by molar-refractivity contribution is 0.253. The van der Waals surface area contributed by atoms with E-state index in [2.05, 4.69) is 5.32 Å². The van der Waals surface area contributed by atoms with E-state index in [0.717, 1.165) is 19.5 Å². The molecule has 0 aromatic heterocycles. The minimum atomic E-state index is 0.247. The Morgan fingerprint density at radius 3 is 2.78 bits per heavy atom. The molecule has 1 rings (SSSR count). The van der Waals surface area contributed by atoms with Gasteiger partial charge in [-0.3, -0.25) is 0 Å². The summed E-state index contributed by atoms with van der Waals surface area (Å²) >= 11 is 0. The van der Waals surface area contributed by atoms with Crippen LogP contribution in [0.15, 0.2) is 0 Å². The van der Waals surface area contributed by atoms with Crippen molar-refractivity contribution in [3.63, 3.8) is 0 Å². The maximum Gasteiger partial charge on any atom is 0.0584 e. The van der Waals surface area contributed by atoms with Crippen molar-refractivity contribution >= 4 is 0 Å². The summed E-state index contributed by atoms with van der Waals surface area (Å²) in [5, 5.41) is 11.9. The normalized spacial score (nSPS) is 35.3. The highest BCUT2D eigenvalue weighted by Crippen LogP contribution is 2.10. The second-order valence-electron chi connectivity index (χ2n) is 2.63. The Morgan fingerprint density at radius 2 is 2.44 bits per heavy atom. The van der Waals surface area contributed by atoms with Crippen LogP contribution in [0.2, 0.25) is 0 Å². The van der Waals surface area contributed by atoms with Crippen LogP contribution >= 0.6 is 0 Å². The molecule has 9 heavy (non-hydrogen) atoms. The summed E-state index contributed by atoms with van der Waals surface area (Å²) in [6.45, 7) is 1.96. The first-order chi connectivity index (χ1) is 4.36. The molecule has 0 radical (unpaired) electrons. The zero-order valence-electron chi connectivity index (χ0n) is 5.51. The molecule has 0 bridgehead atoms. The van der Waals surface area contributed by atoms with E-state index in [1.165, 1.54) is 0 Å². The summed E-state index contributed by atoms with van der Waals surface area (Å²) in [5.41, 5.74) is 5.43. The van der Waals surface area contributed by atoms with Crippen molar-refractivity contribution in [2.75, 3.05) is 19.7 Å². The predicted molar refractivity (Wildman–Crippen MR) is 36.0 cm³/mol.